The number of hydrogen-bond acceptors (Lipinski definition) is 5. The largest absolute Gasteiger partial charge is 0.480 e. The van der Waals surface area contributed by atoms with Gasteiger partial charge in [0.25, 0.3) is 11.8 Å². The maximum atomic E-state index is 12.5. The van der Waals surface area contributed by atoms with Crippen LogP contribution in [0.1, 0.15) is 23.2 Å². The van der Waals surface area contributed by atoms with E-state index < -0.39 is 11.6 Å². The highest BCUT2D eigenvalue weighted by atomic mass is 16.5. The Morgan fingerprint density at radius 3 is 2.68 bits per heavy atom. The van der Waals surface area contributed by atoms with Crippen LogP contribution >= 0.6 is 0 Å². The number of piperidine rings is 1. The number of amides is 4. The number of ether oxygens (including phenoxy) is 1. The van der Waals surface area contributed by atoms with Crippen LogP contribution in [-0.4, -0.2) is 53.5 Å². The number of pyridine rings is 1. The summed E-state index contributed by atoms with van der Waals surface area (Å²) in [6.45, 7) is 0.759. The Bertz CT molecular complexity index is 637. The van der Waals surface area contributed by atoms with Gasteiger partial charge in [0, 0.05) is 19.3 Å². The van der Waals surface area contributed by atoms with Crippen LogP contribution in [0.2, 0.25) is 0 Å². The predicted molar refractivity (Wildman–Crippen MR) is 75.3 cm³/mol. The molecule has 0 aromatic carbocycles. The summed E-state index contributed by atoms with van der Waals surface area (Å²) in [5.41, 5.74) is -0.492. The van der Waals surface area contributed by atoms with Crippen LogP contribution in [-0.2, 0) is 4.79 Å². The minimum Gasteiger partial charge on any atom is -0.480 e. The quantitative estimate of drug-likeness (QED) is 0.743. The number of rotatable bonds is 2. The molecule has 0 radical (unpaired) electrons. The Morgan fingerprint density at radius 2 is 2.09 bits per heavy atom. The summed E-state index contributed by atoms with van der Waals surface area (Å²) in [4.78, 5) is 41.4. The summed E-state index contributed by atoms with van der Waals surface area (Å²) in [7, 11) is 1.46. The number of methoxy groups -OCH3 is 1. The van der Waals surface area contributed by atoms with Gasteiger partial charge >= 0.3 is 6.03 Å². The van der Waals surface area contributed by atoms with Gasteiger partial charge in [0.15, 0.2) is 0 Å². The predicted octanol–water partition coefficient (Wildman–Crippen LogP) is -0.0956. The van der Waals surface area contributed by atoms with Crippen molar-refractivity contribution < 1.29 is 19.1 Å². The topological polar surface area (TPSA) is 101 Å². The summed E-state index contributed by atoms with van der Waals surface area (Å²) in [5, 5.41) is 4.92. The van der Waals surface area contributed by atoms with Crippen LogP contribution in [0.5, 0.6) is 5.88 Å². The molecular formula is C14H16N4O4. The maximum Gasteiger partial charge on any atom is 0.322 e. The second kappa shape index (κ2) is 5.28. The lowest BCUT2D eigenvalue weighted by atomic mass is 9.87. The molecule has 2 fully saturated rings. The van der Waals surface area contributed by atoms with Crippen molar-refractivity contribution in [3.05, 3.63) is 23.9 Å². The van der Waals surface area contributed by atoms with Crippen molar-refractivity contribution in [2.24, 2.45) is 0 Å². The molecular weight excluding hydrogens is 288 g/mol. The van der Waals surface area contributed by atoms with Gasteiger partial charge in [-0.05, 0) is 25.0 Å². The molecule has 116 valence electrons. The number of nitrogens with one attached hydrogen (secondary N) is 2. The summed E-state index contributed by atoms with van der Waals surface area (Å²) >= 11 is 0. The van der Waals surface area contributed by atoms with E-state index in [2.05, 4.69) is 15.6 Å². The summed E-state index contributed by atoms with van der Waals surface area (Å²) in [6, 6.07) is 2.85. The van der Waals surface area contributed by atoms with Gasteiger partial charge < -0.3 is 15.0 Å². The van der Waals surface area contributed by atoms with E-state index in [4.69, 9.17) is 4.74 Å². The van der Waals surface area contributed by atoms with E-state index in [0.29, 0.717) is 31.5 Å². The molecule has 2 N–H and O–H groups in total. The lowest BCUT2D eigenvalue weighted by Gasteiger charge is -2.37. The Morgan fingerprint density at radius 1 is 1.36 bits per heavy atom. The lowest BCUT2D eigenvalue weighted by Crippen LogP contribution is -2.55. The summed E-state index contributed by atoms with van der Waals surface area (Å²) < 4.78 is 5.10. The summed E-state index contributed by atoms with van der Waals surface area (Å²) in [5.74, 6) is -0.229. The second-order valence-electron chi connectivity index (χ2n) is 5.34. The van der Waals surface area contributed by atoms with Crippen LogP contribution < -0.4 is 15.4 Å². The number of nitrogens with zero attached hydrogens (tertiary/aromatic N) is 2. The van der Waals surface area contributed by atoms with Gasteiger partial charge in [-0.3, -0.25) is 14.9 Å². The first kappa shape index (κ1) is 14.3. The minimum absolute atomic E-state index is 0.190. The van der Waals surface area contributed by atoms with Crippen LogP contribution in [0.15, 0.2) is 18.3 Å². The highest BCUT2D eigenvalue weighted by Crippen LogP contribution is 2.27. The van der Waals surface area contributed by atoms with E-state index in [1.807, 2.05) is 0 Å². The standard InChI is InChI=1S/C14H16N4O4/c1-22-10-9(3-2-6-15-10)11(19)18-7-4-14(5-8-18)12(20)16-13(21)17-14/h2-3,6H,4-5,7-8H2,1H3,(H2,16,17,20,21). The van der Waals surface area contributed by atoms with E-state index in [0.717, 1.165) is 0 Å². The first-order valence-electron chi connectivity index (χ1n) is 6.98. The van der Waals surface area contributed by atoms with Gasteiger partial charge in [0.1, 0.15) is 11.1 Å². The maximum absolute atomic E-state index is 12.5. The number of carbonyl (C=O) groups excluding carboxylic acids is 3. The Labute approximate surface area is 126 Å². The number of carbonyl (C=O) groups is 3. The van der Waals surface area contributed by atoms with Gasteiger partial charge in [0.2, 0.25) is 5.88 Å². The zero-order chi connectivity index (χ0) is 15.7. The zero-order valence-corrected chi connectivity index (χ0v) is 12.1. The first-order chi connectivity index (χ1) is 10.6. The van der Waals surface area contributed by atoms with E-state index >= 15 is 0 Å². The molecule has 8 nitrogen and oxygen atoms in total. The zero-order valence-electron chi connectivity index (χ0n) is 12.1. The fourth-order valence-corrected chi connectivity index (χ4v) is 2.86. The number of aromatic nitrogens is 1. The molecule has 0 saturated carbocycles. The Balaban J connectivity index is 1.73. The average molecular weight is 304 g/mol. The molecule has 22 heavy (non-hydrogen) atoms. The van der Waals surface area contributed by atoms with E-state index in [1.165, 1.54) is 7.11 Å². The molecule has 2 aliphatic heterocycles. The van der Waals surface area contributed by atoms with Crippen molar-refractivity contribution in [3.63, 3.8) is 0 Å². The minimum atomic E-state index is -0.882. The van der Waals surface area contributed by atoms with Crippen molar-refractivity contribution in [3.8, 4) is 5.88 Å². The van der Waals surface area contributed by atoms with Gasteiger partial charge in [-0.25, -0.2) is 9.78 Å². The molecule has 1 aromatic rings. The molecule has 1 aromatic heterocycles. The van der Waals surface area contributed by atoms with Gasteiger partial charge in [-0.15, -0.1) is 0 Å². The summed E-state index contributed by atoms with van der Waals surface area (Å²) in [6.07, 6.45) is 2.33. The normalized spacial score (nSPS) is 19.8. The smallest absolute Gasteiger partial charge is 0.322 e. The number of urea groups is 1. The Kier molecular flexibility index (Phi) is 3.44. The molecule has 3 heterocycles. The molecule has 0 atom stereocenters. The molecule has 0 unspecified atom stereocenters. The molecule has 3 rings (SSSR count). The van der Waals surface area contributed by atoms with E-state index in [9.17, 15) is 14.4 Å². The van der Waals surface area contributed by atoms with Gasteiger partial charge in [0.05, 0.1) is 7.11 Å². The highest BCUT2D eigenvalue weighted by molar-refractivity contribution is 6.07. The lowest BCUT2D eigenvalue weighted by molar-refractivity contribution is -0.125. The average Bonchev–Trinajstić information content (AvgIpc) is 2.81. The molecule has 4 amide bonds. The van der Waals surface area contributed by atoms with E-state index in [1.54, 1.807) is 23.2 Å². The Hall–Kier alpha value is -2.64. The van der Waals surface area contributed by atoms with Crippen molar-refractivity contribution in [2.45, 2.75) is 18.4 Å². The second-order valence-corrected chi connectivity index (χ2v) is 5.34. The van der Waals surface area contributed by atoms with Crippen molar-refractivity contribution in [1.29, 1.82) is 0 Å². The van der Waals surface area contributed by atoms with Gasteiger partial charge in [-0.2, -0.15) is 0 Å². The highest BCUT2D eigenvalue weighted by Gasteiger charge is 2.48. The van der Waals surface area contributed by atoms with E-state index in [-0.39, 0.29) is 17.7 Å². The fraction of sp³-hybridized carbons (Fsp3) is 0.429. The van der Waals surface area contributed by atoms with Crippen molar-refractivity contribution >= 4 is 17.8 Å². The van der Waals surface area contributed by atoms with Crippen molar-refractivity contribution in [2.75, 3.05) is 20.2 Å². The number of likely N-dealkylation sites (tertiary alicyclic amines) is 1. The number of imide groups is 1. The fourth-order valence-electron chi connectivity index (χ4n) is 2.86. The molecule has 0 bridgehead atoms. The van der Waals surface area contributed by atoms with Crippen LogP contribution in [0.25, 0.3) is 0 Å². The van der Waals surface area contributed by atoms with Crippen LogP contribution in [0, 0.1) is 0 Å². The monoisotopic (exact) mass is 304 g/mol. The van der Waals surface area contributed by atoms with Crippen LogP contribution in [0.3, 0.4) is 0 Å². The third-order valence-electron chi connectivity index (χ3n) is 4.11. The van der Waals surface area contributed by atoms with Gasteiger partial charge in [-0.1, -0.05) is 0 Å². The molecule has 2 aliphatic rings. The third-order valence-corrected chi connectivity index (χ3v) is 4.11. The van der Waals surface area contributed by atoms with Crippen LogP contribution in [0.4, 0.5) is 4.79 Å². The molecule has 2 saturated heterocycles. The third kappa shape index (κ3) is 2.26. The SMILES string of the molecule is COc1ncccc1C(=O)N1CCC2(CC1)NC(=O)NC2=O. The number of hydrogen-bond donors (Lipinski definition) is 2. The van der Waals surface area contributed by atoms with Crippen molar-refractivity contribution in [1.82, 2.24) is 20.5 Å². The molecule has 8 heteroatoms. The molecule has 0 aliphatic carbocycles. The molecule has 1 spiro atoms. The first-order valence-corrected chi connectivity index (χ1v) is 6.98.